The maximum Gasteiger partial charge on any atom is 0.0726 e. The monoisotopic (exact) mass is 765 g/mol. The molecule has 0 bridgehead atoms. The Balaban J connectivity index is 1.16. The number of hydrogen-bond acceptors (Lipinski definition) is 2. The third-order valence-electron chi connectivity index (χ3n) is 13.0. The Morgan fingerprint density at radius 1 is 0.322 bits per heavy atom. The Hall–Kier alpha value is -7.26. The molecular formula is C57H35NS. The van der Waals surface area contributed by atoms with Gasteiger partial charge < -0.3 is 4.90 Å². The van der Waals surface area contributed by atoms with Gasteiger partial charge in [-0.2, -0.15) is 0 Å². The van der Waals surface area contributed by atoms with Gasteiger partial charge in [0.05, 0.1) is 5.41 Å². The van der Waals surface area contributed by atoms with Gasteiger partial charge >= 0.3 is 0 Å². The molecule has 2 heteroatoms. The molecule has 0 saturated carbocycles. The van der Waals surface area contributed by atoms with Crippen molar-refractivity contribution < 1.29 is 0 Å². The van der Waals surface area contributed by atoms with E-state index < -0.39 is 5.41 Å². The third-order valence-corrected chi connectivity index (χ3v) is 14.2. The maximum atomic E-state index is 2.53. The van der Waals surface area contributed by atoms with Crippen LogP contribution in [0.3, 0.4) is 0 Å². The van der Waals surface area contributed by atoms with Gasteiger partial charge in [-0.25, -0.2) is 0 Å². The van der Waals surface area contributed by atoms with Gasteiger partial charge in [0, 0.05) is 37.2 Å². The highest BCUT2D eigenvalue weighted by Gasteiger charge is 2.49. The predicted molar refractivity (Wildman–Crippen MR) is 251 cm³/mol. The van der Waals surface area contributed by atoms with Crippen LogP contribution in [-0.4, -0.2) is 0 Å². The molecule has 1 unspecified atom stereocenters. The fourth-order valence-electron chi connectivity index (χ4n) is 10.6. The van der Waals surface area contributed by atoms with E-state index in [9.17, 15) is 0 Å². The number of anilines is 3. The lowest BCUT2D eigenvalue weighted by atomic mass is 9.55. The molecule has 1 atom stereocenters. The molecule has 13 rings (SSSR count). The van der Waals surface area contributed by atoms with Gasteiger partial charge in [0.15, 0.2) is 0 Å². The maximum absolute atomic E-state index is 2.53. The predicted octanol–water partition coefficient (Wildman–Crippen LogP) is 15.8. The fourth-order valence-corrected chi connectivity index (χ4v) is 11.8. The van der Waals surface area contributed by atoms with Gasteiger partial charge in [-0.3, -0.25) is 0 Å². The first kappa shape index (κ1) is 32.8. The van der Waals surface area contributed by atoms with Crippen LogP contribution < -0.4 is 4.90 Å². The van der Waals surface area contributed by atoms with E-state index in [-0.39, 0.29) is 0 Å². The Bertz CT molecular complexity index is 3480. The van der Waals surface area contributed by atoms with Crippen molar-refractivity contribution in [1.82, 2.24) is 0 Å². The number of nitrogens with zero attached hydrogens (tertiary/aromatic N) is 1. The number of benzene rings is 10. The molecular weight excluding hydrogens is 731 g/mol. The molecule has 1 spiro atoms. The van der Waals surface area contributed by atoms with Crippen LogP contribution in [0.1, 0.15) is 22.3 Å². The first-order valence-electron chi connectivity index (χ1n) is 20.4. The second-order valence-electron chi connectivity index (χ2n) is 16.0. The van der Waals surface area contributed by atoms with Crippen LogP contribution in [0.15, 0.2) is 212 Å². The molecule has 1 heterocycles. The average Bonchev–Trinajstić information content (AvgIpc) is 3.68. The lowest BCUT2D eigenvalue weighted by Crippen LogP contribution is -2.36. The molecule has 0 saturated heterocycles. The Labute approximate surface area is 346 Å². The Morgan fingerprint density at radius 3 is 1.59 bits per heavy atom. The van der Waals surface area contributed by atoms with Gasteiger partial charge in [0.2, 0.25) is 0 Å². The molecule has 0 aliphatic heterocycles. The molecule has 0 N–H and O–H groups in total. The highest BCUT2D eigenvalue weighted by molar-refractivity contribution is 7.25. The van der Waals surface area contributed by atoms with Crippen molar-refractivity contribution in [3.63, 3.8) is 0 Å². The minimum absolute atomic E-state index is 0.620. The summed E-state index contributed by atoms with van der Waals surface area (Å²) < 4.78 is 2.60. The summed E-state index contributed by atoms with van der Waals surface area (Å²) >= 11 is 1.87. The van der Waals surface area contributed by atoms with Crippen molar-refractivity contribution in [1.29, 1.82) is 0 Å². The van der Waals surface area contributed by atoms with E-state index in [1.165, 1.54) is 97.4 Å². The van der Waals surface area contributed by atoms with Crippen LogP contribution in [0.5, 0.6) is 0 Å². The molecule has 274 valence electrons. The fraction of sp³-hybridized carbons (Fsp3) is 0.0175. The highest BCUT2D eigenvalue weighted by Crippen LogP contribution is 2.62. The number of para-hydroxylation sites is 1. The van der Waals surface area contributed by atoms with Gasteiger partial charge in [-0.15, -0.1) is 11.3 Å². The van der Waals surface area contributed by atoms with E-state index in [0.29, 0.717) is 0 Å². The van der Waals surface area contributed by atoms with Crippen molar-refractivity contribution in [3.8, 4) is 33.4 Å². The van der Waals surface area contributed by atoms with Gasteiger partial charge in [-0.1, -0.05) is 164 Å². The van der Waals surface area contributed by atoms with Crippen LogP contribution in [0, 0.1) is 0 Å². The third kappa shape index (κ3) is 4.55. The van der Waals surface area contributed by atoms with Gasteiger partial charge in [0.1, 0.15) is 0 Å². The number of rotatable bonds is 4. The summed E-state index contributed by atoms with van der Waals surface area (Å²) in [5.74, 6) is 0. The van der Waals surface area contributed by atoms with Crippen LogP contribution in [0.25, 0.3) is 75.1 Å². The standard InChI is InChI=1S/C57H35NS/c1-3-13-36(14-4-1)39-27-30-43-47-22-9-15-37-17-11-24-49(55(37)47)57(51(43)33-39)50-25-12-18-38-16-10-23-48(56(38)50)44-31-28-41(34-52(44)57)58(40-19-5-2-6-20-40)42-29-32-46-45-21-7-8-26-53(45)59-54(46)35-42/h1-35H. The minimum Gasteiger partial charge on any atom is -0.310 e. The molecule has 59 heavy (non-hydrogen) atoms. The summed E-state index contributed by atoms with van der Waals surface area (Å²) in [5, 5.41) is 7.81. The van der Waals surface area contributed by atoms with Crippen molar-refractivity contribution in [3.05, 3.63) is 235 Å². The molecule has 2 aliphatic carbocycles. The minimum atomic E-state index is -0.620. The van der Waals surface area contributed by atoms with E-state index >= 15 is 0 Å². The number of thiophene rings is 1. The van der Waals surface area contributed by atoms with Crippen molar-refractivity contribution in [2.75, 3.05) is 4.90 Å². The van der Waals surface area contributed by atoms with Gasteiger partial charge in [-0.05, 0) is 126 Å². The van der Waals surface area contributed by atoms with E-state index in [4.69, 9.17) is 0 Å². The highest BCUT2D eigenvalue weighted by atomic mass is 32.1. The molecule has 11 aromatic rings. The summed E-state index contributed by atoms with van der Waals surface area (Å²) in [6.07, 6.45) is 0. The van der Waals surface area contributed by atoms with Crippen molar-refractivity contribution in [2.24, 2.45) is 0 Å². The molecule has 1 aromatic heterocycles. The van der Waals surface area contributed by atoms with Crippen molar-refractivity contribution >= 4 is 70.1 Å². The van der Waals surface area contributed by atoms with Crippen LogP contribution >= 0.6 is 11.3 Å². The van der Waals surface area contributed by atoms with E-state index in [0.717, 1.165) is 17.1 Å². The molecule has 10 aromatic carbocycles. The Morgan fingerprint density at radius 2 is 0.881 bits per heavy atom. The first-order valence-corrected chi connectivity index (χ1v) is 21.2. The molecule has 2 aliphatic rings. The number of fused-ring (bicyclic) bond motifs is 11. The topological polar surface area (TPSA) is 3.24 Å². The van der Waals surface area contributed by atoms with Gasteiger partial charge in [0.25, 0.3) is 0 Å². The molecule has 1 nitrogen and oxygen atoms in total. The largest absolute Gasteiger partial charge is 0.310 e. The van der Waals surface area contributed by atoms with E-state index in [1.54, 1.807) is 0 Å². The Kier molecular flexibility index (Phi) is 6.87. The van der Waals surface area contributed by atoms with Crippen molar-refractivity contribution in [2.45, 2.75) is 5.41 Å². The first-order chi connectivity index (χ1) is 29.3. The molecule has 0 radical (unpaired) electrons. The van der Waals surface area contributed by atoms with E-state index in [2.05, 4.69) is 217 Å². The number of hydrogen-bond donors (Lipinski definition) is 0. The van der Waals surface area contributed by atoms with Crippen LogP contribution in [-0.2, 0) is 5.41 Å². The molecule has 0 fully saturated rings. The average molecular weight is 766 g/mol. The smallest absolute Gasteiger partial charge is 0.0726 e. The zero-order valence-electron chi connectivity index (χ0n) is 32.1. The normalized spacial score (nSPS) is 14.8. The van der Waals surface area contributed by atoms with E-state index in [1.807, 2.05) is 11.3 Å². The quantitative estimate of drug-likeness (QED) is 0.172. The summed E-state index contributed by atoms with van der Waals surface area (Å²) in [6, 6.07) is 79.7. The summed E-state index contributed by atoms with van der Waals surface area (Å²) in [5.41, 5.74) is 15.7. The second kappa shape index (κ2) is 12.4. The zero-order chi connectivity index (χ0) is 38.7. The summed E-state index contributed by atoms with van der Waals surface area (Å²) in [7, 11) is 0. The lowest BCUT2D eigenvalue weighted by Gasteiger charge is -2.46. The second-order valence-corrected chi connectivity index (χ2v) is 17.1. The van der Waals surface area contributed by atoms with Crippen LogP contribution in [0.4, 0.5) is 17.1 Å². The summed E-state index contributed by atoms with van der Waals surface area (Å²) in [6.45, 7) is 0. The zero-order valence-corrected chi connectivity index (χ0v) is 32.9. The SMILES string of the molecule is c1ccc(-c2ccc3c(c2)C2(c4cc(N(c5ccccc5)c5ccc6c(c5)sc5ccccc56)ccc4-c4cccc5cccc2c45)c2cccc4cccc-3c24)cc1. The summed E-state index contributed by atoms with van der Waals surface area (Å²) in [4.78, 5) is 2.46. The molecule has 0 amide bonds. The lowest BCUT2D eigenvalue weighted by molar-refractivity contribution is 0.755. The van der Waals surface area contributed by atoms with Crippen LogP contribution in [0.2, 0.25) is 0 Å².